The van der Waals surface area contributed by atoms with Crippen molar-refractivity contribution in [2.75, 3.05) is 0 Å². The first kappa shape index (κ1) is 15.1. The van der Waals surface area contributed by atoms with Crippen molar-refractivity contribution in [3.63, 3.8) is 0 Å². The molecular formula is C13H17ClF3NS. The van der Waals surface area contributed by atoms with Gasteiger partial charge in [0.15, 0.2) is 0 Å². The van der Waals surface area contributed by atoms with Gasteiger partial charge in [-0.1, -0.05) is 11.6 Å². The molecule has 108 valence electrons. The molecule has 1 N–H and O–H groups in total. The number of alkyl halides is 3. The van der Waals surface area contributed by atoms with Crippen LogP contribution in [0.3, 0.4) is 0 Å². The predicted octanol–water partition coefficient (Wildman–Crippen LogP) is 5.17. The van der Waals surface area contributed by atoms with Crippen molar-refractivity contribution in [3.05, 3.63) is 21.3 Å². The zero-order valence-corrected chi connectivity index (χ0v) is 12.2. The Bertz CT molecular complexity index is 410. The minimum Gasteiger partial charge on any atom is -0.307 e. The zero-order chi connectivity index (χ0) is 14.0. The fourth-order valence-corrected chi connectivity index (χ4v) is 3.57. The van der Waals surface area contributed by atoms with Crippen LogP contribution in [0.5, 0.6) is 0 Å². The average Bonchev–Trinajstić information content (AvgIpc) is 2.75. The average molecular weight is 312 g/mol. The highest BCUT2D eigenvalue weighted by molar-refractivity contribution is 7.14. The van der Waals surface area contributed by atoms with E-state index in [2.05, 4.69) is 5.32 Å². The van der Waals surface area contributed by atoms with Crippen molar-refractivity contribution in [1.29, 1.82) is 0 Å². The second kappa shape index (κ2) is 6.02. The van der Waals surface area contributed by atoms with Crippen LogP contribution in [0, 0.1) is 5.92 Å². The third-order valence-electron chi connectivity index (χ3n) is 3.76. The van der Waals surface area contributed by atoms with Crippen LogP contribution in [0.15, 0.2) is 11.4 Å². The van der Waals surface area contributed by atoms with E-state index in [9.17, 15) is 13.2 Å². The summed E-state index contributed by atoms with van der Waals surface area (Å²) in [5, 5.41) is 5.39. The normalized spacial score (nSPS) is 26.4. The van der Waals surface area contributed by atoms with Crippen LogP contribution < -0.4 is 5.32 Å². The molecule has 0 aliphatic heterocycles. The van der Waals surface area contributed by atoms with E-state index in [1.807, 2.05) is 18.4 Å². The summed E-state index contributed by atoms with van der Waals surface area (Å²) in [6, 6.07) is 2.22. The smallest absolute Gasteiger partial charge is 0.307 e. The number of hydrogen-bond acceptors (Lipinski definition) is 2. The van der Waals surface area contributed by atoms with Gasteiger partial charge < -0.3 is 5.32 Å². The summed E-state index contributed by atoms with van der Waals surface area (Å²) < 4.78 is 38.4. The van der Waals surface area contributed by atoms with Crippen LogP contribution in [0.25, 0.3) is 0 Å². The summed E-state index contributed by atoms with van der Waals surface area (Å²) in [4.78, 5) is 0. The van der Waals surface area contributed by atoms with Gasteiger partial charge in [0.2, 0.25) is 0 Å². The lowest BCUT2D eigenvalue weighted by Crippen LogP contribution is -2.38. The quantitative estimate of drug-likeness (QED) is 0.811. The maximum atomic E-state index is 12.6. The number of nitrogens with one attached hydrogen (secondary N) is 1. The first-order valence-corrected chi connectivity index (χ1v) is 7.68. The van der Waals surface area contributed by atoms with Gasteiger partial charge in [-0.3, -0.25) is 0 Å². The van der Waals surface area contributed by atoms with Crippen molar-refractivity contribution in [2.24, 2.45) is 5.92 Å². The molecule has 1 atom stereocenters. The van der Waals surface area contributed by atoms with Gasteiger partial charge in [0.1, 0.15) is 0 Å². The molecule has 6 heteroatoms. The molecule has 1 aromatic rings. The Morgan fingerprint density at radius 1 is 1.32 bits per heavy atom. The lowest BCUT2D eigenvalue weighted by Gasteiger charge is -2.32. The van der Waals surface area contributed by atoms with Crippen molar-refractivity contribution in [3.8, 4) is 0 Å². The lowest BCUT2D eigenvalue weighted by atomic mass is 9.85. The summed E-state index contributed by atoms with van der Waals surface area (Å²) >= 11 is 7.36. The van der Waals surface area contributed by atoms with E-state index >= 15 is 0 Å². The van der Waals surface area contributed by atoms with E-state index in [0.29, 0.717) is 12.8 Å². The number of halogens is 4. The minimum atomic E-state index is -4.03. The molecule has 0 spiro atoms. The fourth-order valence-electron chi connectivity index (χ4n) is 2.59. The number of hydrogen-bond donors (Lipinski definition) is 1. The highest BCUT2D eigenvalue weighted by atomic mass is 35.5. The lowest BCUT2D eigenvalue weighted by molar-refractivity contribution is -0.182. The number of thiophene rings is 1. The van der Waals surface area contributed by atoms with Gasteiger partial charge in [-0.2, -0.15) is 13.2 Å². The molecule has 1 nitrogen and oxygen atoms in total. The second-order valence-corrected chi connectivity index (χ2v) is 6.71. The van der Waals surface area contributed by atoms with Crippen molar-refractivity contribution in [2.45, 2.75) is 50.9 Å². The Hall–Kier alpha value is -0.260. The van der Waals surface area contributed by atoms with Gasteiger partial charge in [-0.15, -0.1) is 11.3 Å². The Morgan fingerprint density at radius 3 is 2.42 bits per heavy atom. The highest BCUT2D eigenvalue weighted by Gasteiger charge is 2.41. The molecule has 19 heavy (non-hydrogen) atoms. The topological polar surface area (TPSA) is 12.0 Å². The first-order chi connectivity index (χ1) is 8.86. The van der Waals surface area contributed by atoms with E-state index in [4.69, 9.17) is 11.6 Å². The van der Waals surface area contributed by atoms with Crippen molar-refractivity contribution >= 4 is 22.9 Å². The summed E-state index contributed by atoms with van der Waals surface area (Å²) in [6.45, 7) is 2.02. The van der Waals surface area contributed by atoms with Crippen LogP contribution in [-0.2, 0) is 0 Å². The summed E-state index contributed by atoms with van der Waals surface area (Å²) in [7, 11) is 0. The minimum absolute atomic E-state index is 0.135. The van der Waals surface area contributed by atoms with Gasteiger partial charge in [0.05, 0.1) is 10.3 Å². The van der Waals surface area contributed by atoms with Gasteiger partial charge in [0.25, 0.3) is 0 Å². The maximum Gasteiger partial charge on any atom is 0.391 e. The molecule has 1 unspecified atom stereocenters. The van der Waals surface area contributed by atoms with Crippen LogP contribution >= 0.6 is 22.9 Å². The molecule has 1 aliphatic rings. The van der Waals surface area contributed by atoms with Crippen molar-refractivity contribution in [1.82, 2.24) is 5.32 Å². The number of rotatable bonds is 3. The largest absolute Gasteiger partial charge is 0.391 e. The summed E-state index contributed by atoms with van der Waals surface area (Å²) in [5.74, 6) is -1.11. The molecular weight excluding hydrogens is 295 g/mol. The molecule has 0 saturated heterocycles. The molecule has 1 aliphatic carbocycles. The highest BCUT2D eigenvalue weighted by Crippen LogP contribution is 2.38. The monoisotopic (exact) mass is 311 g/mol. The molecule has 1 saturated carbocycles. The molecule has 0 bridgehead atoms. The van der Waals surface area contributed by atoms with Gasteiger partial charge in [-0.25, -0.2) is 0 Å². The third-order valence-corrected chi connectivity index (χ3v) is 4.87. The maximum absolute atomic E-state index is 12.6. The van der Waals surface area contributed by atoms with Gasteiger partial charge in [-0.05, 0) is 49.6 Å². The molecule has 0 aromatic carbocycles. The second-order valence-electron chi connectivity index (χ2n) is 5.16. The zero-order valence-electron chi connectivity index (χ0n) is 10.6. The molecule has 1 heterocycles. The van der Waals surface area contributed by atoms with E-state index in [-0.39, 0.29) is 24.9 Å². The van der Waals surface area contributed by atoms with E-state index < -0.39 is 12.1 Å². The molecule has 2 rings (SSSR count). The summed E-state index contributed by atoms with van der Waals surface area (Å²) in [6.07, 6.45) is -2.38. The molecule has 1 fully saturated rings. The molecule has 0 radical (unpaired) electrons. The standard InChI is InChI=1S/C13H17ClF3NS/c1-8(9-6-12(14)19-7-9)18-11-4-2-10(3-5-11)13(15,16)17/h6-8,10-11,18H,2-5H2,1H3. The van der Waals surface area contributed by atoms with E-state index in [0.717, 1.165) is 9.90 Å². The Balaban J connectivity index is 1.82. The van der Waals surface area contributed by atoms with Crippen LogP contribution in [0.1, 0.15) is 44.2 Å². The Kier molecular flexibility index (Phi) is 4.79. The molecule has 1 aromatic heterocycles. The predicted molar refractivity (Wildman–Crippen MR) is 72.7 cm³/mol. The fraction of sp³-hybridized carbons (Fsp3) is 0.692. The molecule has 0 amide bonds. The van der Waals surface area contributed by atoms with Gasteiger partial charge >= 0.3 is 6.18 Å². The van der Waals surface area contributed by atoms with Crippen LogP contribution in [-0.4, -0.2) is 12.2 Å². The Morgan fingerprint density at radius 2 is 1.95 bits per heavy atom. The third kappa shape index (κ3) is 4.10. The first-order valence-electron chi connectivity index (χ1n) is 6.43. The van der Waals surface area contributed by atoms with Crippen LogP contribution in [0.2, 0.25) is 4.34 Å². The van der Waals surface area contributed by atoms with E-state index in [1.54, 1.807) is 0 Å². The SMILES string of the molecule is CC(NC1CCC(C(F)(F)F)CC1)c1csc(Cl)c1. The van der Waals surface area contributed by atoms with Crippen molar-refractivity contribution < 1.29 is 13.2 Å². The van der Waals surface area contributed by atoms with Crippen LogP contribution in [0.4, 0.5) is 13.2 Å². The summed E-state index contributed by atoms with van der Waals surface area (Å²) in [5.41, 5.74) is 1.10. The van der Waals surface area contributed by atoms with Gasteiger partial charge in [0, 0.05) is 12.1 Å². The Labute approximate surface area is 120 Å². The van der Waals surface area contributed by atoms with E-state index in [1.165, 1.54) is 11.3 Å².